The molecule has 0 aliphatic heterocycles. The van der Waals surface area contributed by atoms with E-state index in [0.717, 1.165) is 12.3 Å². The minimum atomic E-state index is -0.0942. The van der Waals surface area contributed by atoms with Crippen LogP contribution in [0.15, 0.2) is 54.6 Å². The summed E-state index contributed by atoms with van der Waals surface area (Å²) in [5, 5.41) is 6.17. The zero-order chi connectivity index (χ0) is 15.8. The van der Waals surface area contributed by atoms with Crippen molar-refractivity contribution in [3.63, 3.8) is 0 Å². The summed E-state index contributed by atoms with van der Waals surface area (Å²) in [5.41, 5.74) is 0.595. The van der Waals surface area contributed by atoms with Crippen LogP contribution in [0.4, 0.5) is 0 Å². The monoisotopic (exact) mass is 298 g/mol. The summed E-state index contributed by atoms with van der Waals surface area (Å²) in [4.78, 5) is 12.2. The molecule has 0 heterocycles. The summed E-state index contributed by atoms with van der Waals surface area (Å²) in [5.74, 6) is 1.31. The van der Waals surface area contributed by atoms with Gasteiger partial charge >= 0.3 is 0 Å². The Morgan fingerprint density at radius 3 is 2.55 bits per heavy atom. The number of carbonyl (C=O) groups is 1. The lowest BCUT2D eigenvalue weighted by atomic mass is 10.2. The maximum absolute atomic E-state index is 12.2. The van der Waals surface area contributed by atoms with Crippen molar-refractivity contribution in [2.75, 3.05) is 13.1 Å². The van der Waals surface area contributed by atoms with Gasteiger partial charge in [0, 0.05) is 18.2 Å². The minimum absolute atomic E-state index is 0.0942. The molecule has 4 heteroatoms. The van der Waals surface area contributed by atoms with Crippen molar-refractivity contribution in [1.82, 2.24) is 10.6 Å². The van der Waals surface area contributed by atoms with Crippen LogP contribution in [0, 0.1) is 0 Å². The first kappa shape index (κ1) is 16.0. The molecule has 22 heavy (non-hydrogen) atoms. The minimum Gasteiger partial charge on any atom is -0.457 e. The molecule has 1 amide bonds. The van der Waals surface area contributed by atoms with Crippen LogP contribution >= 0.6 is 0 Å². The molecule has 2 aromatic rings. The molecule has 0 saturated heterocycles. The second-order valence-electron chi connectivity index (χ2n) is 5.11. The second kappa shape index (κ2) is 8.20. The van der Waals surface area contributed by atoms with Crippen molar-refractivity contribution in [3.05, 3.63) is 60.2 Å². The topological polar surface area (TPSA) is 50.4 Å². The van der Waals surface area contributed by atoms with E-state index in [9.17, 15) is 4.79 Å². The highest BCUT2D eigenvalue weighted by molar-refractivity contribution is 5.94. The van der Waals surface area contributed by atoms with E-state index in [2.05, 4.69) is 10.6 Å². The summed E-state index contributed by atoms with van der Waals surface area (Å²) in [6.07, 6.45) is 0. The van der Waals surface area contributed by atoms with E-state index in [1.165, 1.54) is 0 Å². The molecule has 2 aromatic carbocycles. The highest BCUT2D eigenvalue weighted by atomic mass is 16.5. The summed E-state index contributed by atoms with van der Waals surface area (Å²) < 4.78 is 5.74. The van der Waals surface area contributed by atoms with Crippen LogP contribution in [-0.4, -0.2) is 25.0 Å². The van der Waals surface area contributed by atoms with Crippen molar-refractivity contribution in [2.45, 2.75) is 19.9 Å². The van der Waals surface area contributed by atoms with E-state index in [1.54, 1.807) is 12.1 Å². The lowest BCUT2D eigenvalue weighted by Gasteiger charge is -2.13. The molecular weight excluding hydrogens is 276 g/mol. The van der Waals surface area contributed by atoms with Crippen molar-refractivity contribution >= 4 is 5.91 Å². The van der Waals surface area contributed by atoms with Gasteiger partial charge in [0.05, 0.1) is 0 Å². The van der Waals surface area contributed by atoms with Gasteiger partial charge in [-0.3, -0.25) is 4.79 Å². The number of hydrogen-bond acceptors (Lipinski definition) is 3. The first-order chi connectivity index (χ1) is 10.7. The van der Waals surface area contributed by atoms with Crippen LogP contribution in [-0.2, 0) is 0 Å². The molecule has 0 aliphatic rings. The predicted molar refractivity (Wildman–Crippen MR) is 88.4 cm³/mol. The van der Waals surface area contributed by atoms with E-state index in [-0.39, 0.29) is 11.9 Å². The van der Waals surface area contributed by atoms with Gasteiger partial charge in [0.25, 0.3) is 5.91 Å². The van der Waals surface area contributed by atoms with Gasteiger partial charge in [-0.15, -0.1) is 0 Å². The highest BCUT2D eigenvalue weighted by Crippen LogP contribution is 2.21. The fraction of sp³-hybridized carbons (Fsp3) is 0.278. The van der Waals surface area contributed by atoms with E-state index < -0.39 is 0 Å². The van der Waals surface area contributed by atoms with Crippen LogP contribution in [0.3, 0.4) is 0 Å². The standard InChI is InChI=1S/C18H22N2O2/c1-3-19-14(2)13-20-18(21)15-8-7-11-17(12-15)22-16-9-5-4-6-10-16/h4-12,14,19H,3,13H2,1-2H3,(H,20,21)/t14-/m1/s1. The molecule has 2 N–H and O–H groups in total. The summed E-state index contributed by atoms with van der Waals surface area (Å²) in [6.45, 7) is 5.56. The Bertz CT molecular complexity index is 599. The number of rotatable bonds is 7. The summed E-state index contributed by atoms with van der Waals surface area (Å²) in [7, 11) is 0. The van der Waals surface area contributed by atoms with E-state index in [0.29, 0.717) is 17.9 Å². The third-order valence-corrected chi connectivity index (χ3v) is 3.20. The molecular formula is C18H22N2O2. The number of benzene rings is 2. The Hall–Kier alpha value is -2.33. The van der Waals surface area contributed by atoms with E-state index >= 15 is 0 Å². The first-order valence-electron chi connectivity index (χ1n) is 7.53. The quantitative estimate of drug-likeness (QED) is 0.825. The van der Waals surface area contributed by atoms with Crippen LogP contribution in [0.5, 0.6) is 11.5 Å². The van der Waals surface area contributed by atoms with Gasteiger partial charge in [-0.2, -0.15) is 0 Å². The fourth-order valence-corrected chi connectivity index (χ4v) is 2.09. The van der Waals surface area contributed by atoms with Gasteiger partial charge in [0.2, 0.25) is 0 Å². The number of nitrogens with one attached hydrogen (secondary N) is 2. The smallest absolute Gasteiger partial charge is 0.251 e. The number of carbonyl (C=O) groups excluding carboxylic acids is 1. The summed E-state index contributed by atoms with van der Waals surface area (Å²) in [6, 6.07) is 17.0. The van der Waals surface area contributed by atoms with Gasteiger partial charge < -0.3 is 15.4 Å². The lowest BCUT2D eigenvalue weighted by molar-refractivity contribution is 0.0950. The SMILES string of the molecule is CCN[C@H](C)CNC(=O)c1cccc(Oc2ccccc2)c1. The predicted octanol–water partition coefficient (Wildman–Crippen LogP) is 3.21. The van der Waals surface area contributed by atoms with E-state index in [4.69, 9.17) is 4.74 Å². The normalized spacial score (nSPS) is 11.7. The molecule has 0 fully saturated rings. The molecule has 0 aromatic heterocycles. The summed E-state index contributed by atoms with van der Waals surface area (Å²) >= 11 is 0. The third kappa shape index (κ3) is 4.90. The Balaban J connectivity index is 1.97. The van der Waals surface area contributed by atoms with Crippen LogP contribution in [0.25, 0.3) is 0 Å². The Labute approximate surface area is 131 Å². The fourth-order valence-electron chi connectivity index (χ4n) is 2.09. The van der Waals surface area contributed by atoms with E-state index in [1.807, 2.05) is 56.3 Å². The molecule has 116 valence electrons. The van der Waals surface area contributed by atoms with Crippen LogP contribution < -0.4 is 15.4 Å². The van der Waals surface area contributed by atoms with Crippen molar-refractivity contribution in [2.24, 2.45) is 0 Å². The average molecular weight is 298 g/mol. The Kier molecular flexibility index (Phi) is 5.98. The number of hydrogen-bond donors (Lipinski definition) is 2. The van der Waals surface area contributed by atoms with Crippen LogP contribution in [0.1, 0.15) is 24.2 Å². The number of ether oxygens (including phenoxy) is 1. The number of para-hydroxylation sites is 1. The maximum Gasteiger partial charge on any atom is 0.251 e. The molecule has 0 saturated carbocycles. The third-order valence-electron chi connectivity index (χ3n) is 3.20. The van der Waals surface area contributed by atoms with Crippen LogP contribution in [0.2, 0.25) is 0 Å². The Morgan fingerprint density at radius 1 is 1.09 bits per heavy atom. The van der Waals surface area contributed by atoms with Gasteiger partial charge in [-0.1, -0.05) is 31.2 Å². The van der Waals surface area contributed by atoms with Crippen molar-refractivity contribution in [3.8, 4) is 11.5 Å². The number of amides is 1. The largest absolute Gasteiger partial charge is 0.457 e. The molecule has 2 rings (SSSR count). The highest BCUT2D eigenvalue weighted by Gasteiger charge is 2.08. The van der Waals surface area contributed by atoms with Gasteiger partial charge in [0.15, 0.2) is 0 Å². The zero-order valence-corrected chi connectivity index (χ0v) is 13.0. The Morgan fingerprint density at radius 2 is 1.82 bits per heavy atom. The number of likely N-dealkylation sites (N-methyl/N-ethyl adjacent to an activating group) is 1. The zero-order valence-electron chi connectivity index (χ0n) is 13.0. The second-order valence-corrected chi connectivity index (χ2v) is 5.11. The van der Waals surface area contributed by atoms with Gasteiger partial charge in [-0.25, -0.2) is 0 Å². The first-order valence-corrected chi connectivity index (χ1v) is 7.53. The maximum atomic E-state index is 12.2. The van der Waals surface area contributed by atoms with Crippen molar-refractivity contribution in [1.29, 1.82) is 0 Å². The molecule has 0 aliphatic carbocycles. The van der Waals surface area contributed by atoms with Gasteiger partial charge in [-0.05, 0) is 43.8 Å². The molecule has 0 bridgehead atoms. The van der Waals surface area contributed by atoms with Crippen molar-refractivity contribution < 1.29 is 9.53 Å². The lowest BCUT2D eigenvalue weighted by Crippen LogP contribution is -2.38. The molecule has 4 nitrogen and oxygen atoms in total. The molecule has 0 radical (unpaired) electrons. The molecule has 0 unspecified atom stereocenters. The molecule has 0 spiro atoms. The average Bonchev–Trinajstić information content (AvgIpc) is 2.54. The van der Waals surface area contributed by atoms with Gasteiger partial charge in [0.1, 0.15) is 11.5 Å². The molecule has 1 atom stereocenters.